The first kappa shape index (κ1) is 38.7. The lowest BCUT2D eigenvalue weighted by Crippen LogP contribution is -2.27. The highest BCUT2D eigenvalue weighted by Crippen LogP contribution is 2.34. The maximum absolute atomic E-state index is 13.5. The Hall–Kier alpha value is -3.37. The molecule has 9 nitrogen and oxygen atoms in total. The van der Waals surface area contributed by atoms with Gasteiger partial charge in [-0.05, 0) is 80.2 Å². The fourth-order valence-corrected chi connectivity index (χ4v) is 6.38. The molecule has 0 saturated heterocycles. The monoisotopic (exact) mass is 632 g/mol. The number of unbranched alkanes of at least 4 members (excludes halogenated alkanes) is 3. The van der Waals surface area contributed by atoms with Crippen LogP contribution in [0.2, 0.25) is 0 Å². The highest BCUT2D eigenvalue weighted by atomic mass is 32.2. The highest BCUT2D eigenvalue weighted by molar-refractivity contribution is 7.91. The number of ether oxygens (including phenoxy) is 1. The number of sulfone groups is 1. The third kappa shape index (κ3) is 12.7. The Kier molecular flexibility index (Phi) is 18.1. The maximum Gasteiger partial charge on any atom is 0.414 e. The number of benzene rings is 1. The minimum atomic E-state index is -3.65. The van der Waals surface area contributed by atoms with E-state index in [4.69, 9.17) is 24.5 Å². The summed E-state index contributed by atoms with van der Waals surface area (Å²) in [7, 11) is -3.65. The summed E-state index contributed by atoms with van der Waals surface area (Å²) in [6, 6.07) is 12.5. The van der Waals surface area contributed by atoms with Gasteiger partial charge in [-0.15, -0.1) is 0 Å². The van der Waals surface area contributed by atoms with Gasteiger partial charge in [-0.3, -0.25) is 0 Å². The molecule has 2 heterocycles. The number of aliphatic carboxylic acids is 2. The smallest absolute Gasteiger partial charge is 0.414 e. The van der Waals surface area contributed by atoms with Crippen LogP contribution in [0.4, 0.5) is 0 Å². The maximum atomic E-state index is 13.5. The molecular weight excluding hydrogens is 580 g/mol. The molecule has 246 valence electrons. The van der Waals surface area contributed by atoms with Crippen molar-refractivity contribution in [1.29, 1.82) is 0 Å². The van der Waals surface area contributed by atoms with Crippen LogP contribution < -0.4 is 4.74 Å². The summed E-state index contributed by atoms with van der Waals surface area (Å²) in [6.45, 7) is 16.8. The van der Waals surface area contributed by atoms with Gasteiger partial charge in [0.05, 0.1) is 17.0 Å². The van der Waals surface area contributed by atoms with E-state index in [1.807, 2.05) is 48.8 Å². The predicted octanol–water partition coefficient (Wildman–Crippen LogP) is 7.53. The van der Waals surface area contributed by atoms with Gasteiger partial charge in [0, 0.05) is 18.9 Å². The first-order chi connectivity index (χ1) is 20.9. The minimum Gasteiger partial charge on any atom is -0.494 e. The molecule has 2 N–H and O–H groups in total. The molecule has 0 unspecified atom stereocenters. The van der Waals surface area contributed by atoms with E-state index in [2.05, 4.69) is 32.6 Å². The van der Waals surface area contributed by atoms with Crippen molar-refractivity contribution in [2.75, 3.05) is 26.2 Å². The second-order valence-corrected chi connectivity index (χ2v) is 12.8. The van der Waals surface area contributed by atoms with Gasteiger partial charge >= 0.3 is 11.9 Å². The van der Waals surface area contributed by atoms with Gasteiger partial charge in [-0.2, -0.15) is 0 Å². The van der Waals surface area contributed by atoms with Crippen LogP contribution in [-0.2, 0) is 19.4 Å². The largest absolute Gasteiger partial charge is 0.494 e. The normalized spacial score (nSPS) is 11.1. The number of fused-ring (bicyclic) bond motifs is 1. The summed E-state index contributed by atoms with van der Waals surface area (Å²) in [6.07, 6.45) is 12.6. The summed E-state index contributed by atoms with van der Waals surface area (Å²) in [5.41, 5.74) is 1.54. The average molecular weight is 633 g/mol. The van der Waals surface area contributed by atoms with Crippen LogP contribution in [0.15, 0.2) is 64.6 Å². The zero-order valence-corrected chi connectivity index (χ0v) is 28.1. The fourth-order valence-electron chi connectivity index (χ4n) is 4.60. The van der Waals surface area contributed by atoms with Crippen molar-refractivity contribution in [3.05, 3.63) is 60.4 Å². The van der Waals surface area contributed by atoms with Gasteiger partial charge in [0.1, 0.15) is 10.6 Å². The molecule has 0 aliphatic rings. The van der Waals surface area contributed by atoms with E-state index < -0.39 is 21.8 Å². The minimum absolute atomic E-state index is 0.0993. The Balaban J connectivity index is 0.000000681. The molecule has 3 aromatic rings. The molecule has 2 aromatic heterocycles. The molecule has 1 aromatic carbocycles. The van der Waals surface area contributed by atoms with E-state index in [0.717, 1.165) is 44.5 Å². The molecule has 0 saturated carbocycles. The Morgan fingerprint density at radius 3 is 1.86 bits per heavy atom. The molecule has 3 rings (SSSR count). The number of rotatable bonds is 15. The number of carboxylic acids is 2. The van der Waals surface area contributed by atoms with Gasteiger partial charge in [0.15, 0.2) is 0 Å². The lowest BCUT2D eigenvalue weighted by molar-refractivity contribution is -0.159. The summed E-state index contributed by atoms with van der Waals surface area (Å²) in [4.78, 5) is 21.4. The van der Waals surface area contributed by atoms with Crippen molar-refractivity contribution in [3.8, 4) is 5.75 Å². The van der Waals surface area contributed by atoms with Crippen LogP contribution in [0, 0.1) is 0 Å². The zero-order chi connectivity index (χ0) is 33.1. The van der Waals surface area contributed by atoms with Crippen molar-refractivity contribution in [3.63, 3.8) is 0 Å². The predicted molar refractivity (Wildman–Crippen MR) is 176 cm³/mol. The third-order valence-corrected chi connectivity index (χ3v) is 8.67. The van der Waals surface area contributed by atoms with Crippen molar-refractivity contribution in [1.82, 2.24) is 9.30 Å². The highest BCUT2D eigenvalue weighted by Gasteiger charge is 2.27. The van der Waals surface area contributed by atoms with E-state index in [1.54, 1.807) is 24.3 Å². The van der Waals surface area contributed by atoms with Gasteiger partial charge < -0.3 is 24.3 Å². The Morgan fingerprint density at radius 1 is 0.818 bits per heavy atom. The molecule has 0 bridgehead atoms. The number of pyridine rings is 1. The van der Waals surface area contributed by atoms with Crippen LogP contribution >= 0.6 is 0 Å². The molecule has 0 radical (unpaired) electrons. The lowest BCUT2D eigenvalue weighted by atomic mass is 10.1. The van der Waals surface area contributed by atoms with Crippen molar-refractivity contribution >= 4 is 27.3 Å². The van der Waals surface area contributed by atoms with Crippen LogP contribution in [0.1, 0.15) is 98.0 Å². The number of aromatic nitrogens is 1. The van der Waals surface area contributed by atoms with Crippen molar-refractivity contribution < 1.29 is 33.0 Å². The first-order valence-electron chi connectivity index (χ1n) is 15.7. The molecule has 10 heteroatoms. The van der Waals surface area contributed by atoms with E-state index in [9.17, 15) is 8.42 Å². The van der Waals surface area contributed by atoms with Crippen LogP contribution in [0.3, 0.4) is 0 Å². The Bertz CT molecular complexity index is 1340. The van der Waals surface area contributed by atoms with E-state index >= 15 is 0 Å². The first-order valence-corrected chi connectivity index (χ1v) is 17.2. The van der Waals surface area contributed by atoms with Gasteiger partial charge in [0.2, 0.25) is 9.84 Å². The van der Waals surface area contributed by atoms with Crippen molar-refractivity contribution in [2.45, 2.75) is 102 Å². The van der Waals surface area contributed by atoms with E-state index in [-0.39, 0.29) is 5.92 Å². The molecule has 0 amide bonds. The average Bonchev–Trinajstić information content (AvgIpc) is 3.40. The van der Waals surface area contributed by atoms with E-state index in [0.29, 0.717) is 27.7 Å². The lowest BCUT2D eigenvalue weighted by Gasteiger charge is -2.20. The molecule has 0 aliphatic heterocycles. The van der Waals surface area contributed by atoms with E-state index in [1.165, 1.54) is 25.7 Å². The summed E-state index contributed by atoms with van der Waals surface area (Å²) in [5.74, 6) is -2.85. The Labute approximate surface area is 263 Å². The number of hydrogen-bond acceptors (Lipinski definition) is 6. The van der Waals surface area contributed by atoms with Gasteiger partial charge in [0.25, 0.3) is 0 Å². The third-order valence-electron chi connectivity index (χ3n) is 6.79. The molecule has 0 spiro atoms. The number of nitrogens with zero attached hydrogens (tertiary/aromatic N) is 2. The van der Waals surface area contributed by atoms with Crippen molar-refractivity contribution in [2.24, 2.45) is 0 Å². The second kappa shape index (κ2) is 20.6. The van der Waals surface area contributed by atoms with Gasteiger partial charge in [-0.1, -0.05) is 73.3 Å². The number of hydrogen-bond donors (Lipinski definition) is 2. The molecule has 0 fully saturated rings. The number of carbonyl (C=O) groups is 2. The molecule has 44 heavy (non-hydrogen) atoms. The topological polar surface area (TPSA) is 126 Å². The Morgan fingerprint density at radius 2 is 1.39 bits per heavy atom. The quantitative estimate of drug-likeness (QED) is 0.130. The molecule has 0 aliphatic carbocycles. The zero-order valence-electron chi connectivity index (χ0n) is 27.3. The van der Waals surface area contributed by atoms with Gasteiger partial charge in [-0.25, -0.2) is 18.0 Å². The number of carboxylic acid groups (broad SMARTS) is 2. The summed E-state index contributed by atoms with van der Waals surface area (Å²) >= 11 is 0. The van der Waals surface area contributed by atoms with Crippen LogP contribution in [0.25, 0.3) is 5.52 Å². The summed E-state index contributed by atoms with van der Waals surface area (Å²) in [5, 5.41) is 14.8. The SMILES string of the molecule is CCCCCC.CCCN(CCC)CCCOc1ccc(S(=O)(=O)c2c(C(C)C)cn3ccccc23)cc1.O=C(O)C(=O)O. The summed E-state index contributed by atoms with van der Waals surface area (Å²) < 4.78 is 34.9. The standard InChI is InChI=1S/C26H36N2O3S.C6H14.C2H2O4/c1-5-15-27(16-6-2)17-9-19-31-22-11-13-23(14-12-22)32(29,30)26-24(21(3)4)20-28-18-8-7-10-25(26)28;1-3-5-6-4-2;3-1(4)2(5)6/h7-8,10-14,18,20-21H,5-6,9,15-17,19H2,1-4H3;3-6H2,1-2H3;(H,3,4)(H,5,6). The van der Waals surface area contributed by atoms with Crippen LogP contribution in [-0.4, -0.2) is 66.1 Å². The fraction of sp³-hybridized carbons (Fsp3) is 0.529. The molecular formula is C34H52N2O7S. The molecule has 0 atom stereocenters. The van der Waals surface area contributed by atoms with Crippen LogP contribution in [0.5, 0.6) is 5.75 Å². The second-order valence-electron chi connectivity index (χ2n) is 10.9.